The number of benzene rings is 1. The fraction of sp³-hybridized carbons (Fsp3) is 0.520. The van der Waals surface area contributed by atoms with Crippen molar-refractivity contribution in [1.29, 1.82) is 0 Å². The van der Waals surface area contributed by atoms with Crippen molar-refractivity contribution in [3.8, 4) is 5.75 Å². The van der Waals surface area contributed by atoms with Crippen LogP contribution in [0.5, 0.6) is 5.75 Å². The molecule has 2 aromatic rings. The van der Waals surface area contributed by atoms with Gasteiger partial charge in [-0.1, -0.05) is 23.5 Å². The van der Waals surface area contributed by atoms with Crippen molar-refractivity contribution in [2.24, 2.45) is 17.8 Å². The number of carbonyl (C=O) groups excluding carboxylic acids is 3. The molecule has 3 unspecified atom stereocenters. The van der Waals surface area contributed by atoms with Crippen LogP contribution in [0, 0.1) is 17.8 Å². The first-order chi connectivity index (χ1) is 16.9. The molecule has 0 aliphatic carbocycles. The highest BCUT2D eigenvalue weighted by Gasteiger charge is 2.67. The number of rotatable bonds is 5. The number of aromatic nitrogens is 1. The summed E-state index contributed by atoms with van der Waals surface area (Å²) in [4.78, 5) is 47.6. The van der Waals surface area contributed by atoms with Crippen molar-refractivity contribution in [2.75, 3.05) is 38.3 Å². The molecule has 0 N–H and O–H groups in total. The predicted octanol–water partition coefficient (Wildman–Crippen LogP) is 2.39. The van der Waals surface area contributed by atoms with Crippen LogP contribution >= 0.6 is 11.3 Å². The zero-order chi connectivity index (χ0) is 24.3. The number of methoxy groups -OCH3 is 1. The number of fused-ring (bicyclic) bond motifs is 2. The number of esters is 1. The van der Waals surface area contributed by atoms with E-state index >= 15 is 0 Å². The monoisotopic (exact) mass is 497 g/mol. The van der Waals surface area contributed by atoms with Crippen LogP contribution < -0.4 is 9.64 Å². The first-order valence-corrected chi connectivity index (χ1v) is 12.8. The average Bonchev–Trinajstić information content (AvgIpc) is 3.62. The third-order valence-electron chi connectivity index (χ3n) is 7.63. The lowest BCUT2D eigenvalue weighted by atomic mass is 9.76. The fourth-order valence-corrected chi connectivity index (χ4v) is 6.84. The minimum absolute atomic E-state index is 0.0715. The second-order valence-electron chi connectivity index (χ2n) is 9.51. The molecule has 4 atom stereocenters. The van der Waals surface area contributed by atoms with Gasteiger partial charge in [0.1, 0.15) is 11.4 Å². The van der Waals surface area contributed by atoms with E-state index in [-0.39, 0.29) is 23.7 Å². The Kier molecular flexibility index (Phi) is 5.33. The Morgan fingerprint density at radius 1 is 1.29 bits per heavy atom. The number of thiazole rings is 1. The van der Waals surface area contributed by atoms with Crippen molar-refractivity contribution >= 4 is 44.5 Å². The summed E-state index contributed by atoms with van der Waals surface area (Å²) in [6.45, 7) is 3.45. The highest BCUT2D eigenvalue weighted by atomic mass is 32.1. The average molecular weight is 498 g/mol. The van der Waals surface area contributed by atoms with Crippen LogP contribution in [0.3, 0.4) is 0 Å². The smallest absolute Gasteiger partial charge is 0.309 e. The third kappa shape index (κ3) is 3.45. The van der Waals surface area contributed by atoms with E-state index < -0.39 is 23.5 Å². The summed E-state index contributed by atoms with van der Waals surface area (Å²) in [5.74, 6) is -0.997. The van der Waals surface area contributed by atoms with Gasteiger partial charge in [0.25, 0.3) is 0 Å². The standard InChI is InChI=1S/C25H27N3O6S/c1-3-33-23(31)14-7-10-27(11-8-14)21(29)19-17-6-9-25(34-17)13-28(22(30)20(19)25)24-26-16-12-15(32-2)4-5-18(16)35-24/h4-6,9,12,14,17,19-20H,3,7-8,10-11,13H2,1-2H3/t17?,19?,20?,25-/m0/s1. The van der Waals surface area contributed by atoms with E-state index in [4.69, 9.17) is 14.2 Å². The molecule has 35 heavy (non-hydrogen) atoms. The van der Waals surface area contributed by atoms with Crippen LogP contribution in [0.15, 0.2) is 30.4 Å². The number of carbonyl (C=O) groups is 3. The molecule has 2 bridgehead atoms. The molecule has 10 heteroatoms. The topological polar surface area (TPSA) is 98.3 Å². The fourth-order valence-electron chi connectivity index (χ4n) is 5.89. The van der Waals surface area contributed by atoms with Gasteiger partial charge in [-0.25, -0.2) is 4.98 Å². The van der Waals surface area contributed by atoms with Crippen LogP contribution in [0.1, 0.15) is 19.8 Å². The van der Waals surface area contributed by atoms with Gasteiger partial charge in [0.05, 0.1) is 54.3 Å². The molecule has 0 saturated carbocycles. The van der Waals surface area contributed by atoms with E-state index in [2.05, 4.69) is 4.98 Å². The van der Waals surface area contributed by atoms with Crippen molar-refractivity contribution in [3.05, 3.63) is 30.4 Å². The molecule has 5 heterocycles. The second kappa shape index (κ2) is 8.30. The molecule has 4 aliphatic rings. The number of hydrogen-bond acceptors (Lipinski definition) is 8. The molecule has 1 aromatic heterocycles. The molecule has 3 fully saturated rings. The highest BCUT2D eigenvalue weighted by molar-refractivity contribution is 7.22. The predicted molar refractivity (Wildman–Crippen MR) is 128 cm³/mol. The lowest BCUT2D eigenvalue weighted by Gasteiger charge is -2.34. The Bertz CT molecular complexity index is 1240. The molecule has 4 aliphatic heterocycles. The maximum atomic E-state index is 13.7. The zero-order valence-corrected chi connectivity index (χ0v) is 20.5. The van der Waals surface area contributed by atoms with E-state index in [1.807, 2.05) is 30.4 Å². The second-order valence-corrected chi connectivity index (χ2v) is 10.5. The molecule has 9 nitrogen and oxygen atoms in total. The molecule has 3 saturated heterocycles. The van der Waals surface area contributed by atoms with E-state index in [1.165, 1.54) is 11.3 Å². The largest absolute Gasteiger partial charge is 0.497 e. The Morgan fingerprint density at radius 2 is 2.09 bits per heavy atom. The van der Waals surface area contributed by atoms with E-state index in [1.54, 1.807) is 23.8 Å². The molecule has 1 aromatic carbocycles. The Morgan fingerprint density at radius 3 is 2.83 bits per heavy atom. The van der Waals surface area contributed by atoms with Crippen LogP contribution in [0.2, 0.25) is 0 Å². The maximum Gasteiger partial charge on any atom is 0.309 e. The van der Waals surface area contributed by atoms with Gasteiger partial charge < -0.3 is 19.1 Å². The molecular formula is C25H27N3O6S. The number of anilines is 1. The van der Waals surface area contributed by atoms with Crippen molar-refractivity contribution in [3.63, 3.8) is 0 Å². The van der Waals surface area contributed by atoms with Crippen LogP contribution in [-0.4, -0.2) is 72.7 Å². The van der Waals surface area contributed by atoms with Gasteiger partial charge in [0.2, 0.25) is 11.8 Å². The first kappa shape index (κ1) is 22.5. The third-order valence-corrected chi connectivity index (χ3v) is 8.69. The number of hydrogen-bond donors (Lipinski definition) is 0. The number of ether oxygens (including phenoxy) is 3. The minimum atomic E-state index is -0.805. The quantitative estimate of drug-likeness (QED) is 0.462. The van der Waals surface area contributed by atoms with Gasteiger partial charge in [0, 0.05) is 19.2 Å². The van der Waals surface area contributed by atoms with Crippen molar-refractivity contribution in [1.82, 2.24) is 9.88 Å². The van der Waals surface area contributed by atoms with Gasteiger partial charge >= 0.3 is 5.97 Å². The van der Waals surface area contributed by atoms with Crippen LogP contribution in [0.25, 0.3) is 10.2 Å². The first-order valence-electron chi connectivity index (χ1n) is 12.0. The van der Waals surface area contributed by atoms with E-state index in [9.17, 15) is 14.4 Å². The van der Waals surface area contributed by atoms with Gasteiger partial charge in [-0.3, -0.25) is 19.3 Å². The summed E-state index contributed by atoms with van der Waals surface area (Å²) in [5.41, 5.74) is -0.0366. The molecule has 184 valence electrons. The molecule has 6 rings (SSSR count). The number of nitrogens with zero attached hydrogens (tertiary/aromatic N) is 3. The number of likely N-dealkylation sites (tertiary alicyclic amines) is 1. The zero-order valence-electron chi connectivity index (χ0n) is 19.6. The van der Waals surface area contributed by atoms with Crippen molar-refractivity contribution in [2.45, 2.75) is 31.5 Å². The Hall–Kier alpha value is -2.98. The molecular weight excluding hydrogens is 470 g/mol. The summed E-state index contributed by atoms with van der Waals surface area (Å²) in [7, 11) is 1.61. The van der Waals surface area contributed by atoms with Crippen LogP contribution in [-0.2, 0) is 23.9 Å². The molecule has 1 spiro atoms. The van der Waals surface area contributed by atoms with E-state index in [0.29, 0.717) is 50.0 Å². The van der Waals surface area contributed by atoms with Gasteiger partial charge in [0.15, 0.2) is 5.13 Å². The number of amides is 2. The number of piperidine rings is 1. The Balaban J connectivity index is 1.22. The Labute approximate surface area is 206 Å². The lowest BCUT2D eigenvalue weighted by molar-refractivity contribution is -0.152. The van der Waals surface area contributed by atoms with E-state index in [0.717, 1.165) is 10.2 Å². The highest BCUT2D eigenvalue weighted by Crippen LogP contribution is 2.53. The summed E-state index contributed by atoms with van der Waals surface area (Å²) in [6.07, 6.45) is 4.62. The minimum Gasteiger partial charge on any atom is -0.497 e. The molecule has 2 amide bonds. The summed E-state index contributed by atoms with van der Waals surface area (Å²) in [5, 5.41) is 0.601. The maximum absolute atomic E-state index is 13.7. The lowest BCUT2D eigenvalue weighted by Crippen LogP contribution is -2.49. The summed E-state index contributed by atoms with van der Waals surface area (Å²) >= 11 is 1.44. The van der Waals surface area contributed by atoms with Crippen LogP contribution in [0.4, 0.5) is 5.13 Å². The van der Waals surface area contributed by atoms with Crippen molar-refractivity contribution < 1.29 is 28.6 Å². The van der Waals surface area contributed by atoms with Gasteiger partial charge in [-0.2, -0.15) is 0 Å². The normalized spacial score (nSPS) is 29.8. The SMILES string of the molecule is CCOC(=O)C1CCN(C(=O)C2C3C=C[C@@]4(CN(c5nc6cc(OC)ccc6s5)C(=O)C24)O3)CC1. The molecule has 0 radical (unpaired) electrons. The summed E-state index contributed by atoms with van der Waals surface area (Å²) in [6, 6.07) is 5.66. The summed E-state index contributed by atoms with van der Waals surface area (Å²) < 4.78 is 17.7. The van der Waals surface area contributed by atoms with Gasteiger partial charge in [-0.15, -0.1) is 0 Å². The van der Waals surface area contributed by atoms with Gasteiger partial charge in [-0.05, 0) is 31.9 Å².